The van der Waals surface area contributed by atoms with Crippen molar-refractivity contribution in [3.05, 3.63) is 21.8 Å². The molecule has 2 aromatic rings. The van der Waals surface area contributed by atoms with Gasteiger partial charge in [-0.2, -0.15) is 0 Å². The highest BCUT2D eigenvalue weighted by Gasteiger charge is 2.27. The third-order valence-corrected chi connectivity index (χ3v) is 5.26. The van der Waals surface area contributed by atoms with Crippen LogP contribution in [0.3, 0.4) is 0 Å². The monoisotopic (exact) mass is 379 g/mol. The van der Waals surface area contributed by atoms with Crippen LogP contribution in [0.2, 0.25) is 0 Å². The molecule has 2 amide bonds. The largest absolute Gasteiger partial charge is 0.464 e. The first-order chi connectivity index (χ1) is 12.5. The number of rotatable bonds is 4. The Morgan fingerprint density at radius 2 is 2.15 bits per heavy atom. The third kappa shape index (κ3) is 3.69. The molecule has 0 radical (unpaired) electrons. The van der Waals surface area contributed by atoms with Gasteiger partial charge in [-0.05, 0) is 38.1 Å². The summed E-state index contributed by atoms with van der Waals surface area (Å²) in [6.07, 6.45) is 1.21. The van der Waals surface area contributed by atoms with Gasteiger partial charge in [0.2, 0.25) is 0 Å². The number of thiophene rings is 1. The standard InChI is InChI=1S/C16H21N5O4S/c1-3-25-15(23)10(2)17-16(24)20-7-4-11(5-8-20)21-14(22)13-12(18-19-21)6-9-26-13/h6,9-11H,3-5,7-8H2,1-2H3,(H,17,24)/t10-/m0/s1. The summed E-state index contributed by atoms with van der Waals surface area (Å²) in [5, 5.41) is 12.6. The SMILES string of the molecule is CCOC(=O)[C@H](C)NC(=O)N1CCC(n2nnc3ccsc3c2=O)CC1. The lowest BCUT2D eigenvalue weighted by molar-refractivity contribution is -0.144. The van der Waals surface area contributed by atoms with Crippen molar-refractivity contribution < 1.29 is 14.3 Å². The Labute approximate surface area is 153 Å². The quantitative estimate of drug-likeness (QED) is 0.799. The molecule has 0 unspecified atom stereocenters. The van der Waals surface area contributed by atoms with Gasteiger partial charge in [0.15, 0.2) is 0 Å². The fraction of sp³-hybridized carbons (Fsp3) is 0.562. The van der Waals surface area contributed by atoms with Crippen molar-refractivity contribution in [1.82, 2.24) is 25.2 Å². The molecule has 0 bridgehead atoms. The first kappa shape index (κ1) is 18.3. The van der Waals surface area contributed by atoms with E-state index in [1.807, 2.05) is 5.38 Å². The molecule has 0 saturated carbocycles. The van der Waals surface area contributed by atoms with Crippen molar-refractivity contribution in [3.8, 4) is 0 Å². The number of amides is 2. The average Bonchev–Trinajstić information content (AvgIpc) is 3.12. The molecule has 3 rings (SSSR count). The number of urea groups is 1. The minimum atomic E-state index is -0.699. The summed E-state index contributed by atoms with van der Waals surface area (Å²) < 4.78 is 6.91. The van der Waals surface area contributed by atoms with Gasteiger partial charge in [0.05, 0.1) is 12.6 Å². The number of ether oxygens (including phenoxy) is 1. The highest BCUT2D eigenvalue weighted by Crippen LogP contribution is 2.21. The molecule has 140 valence electrons. The van der Waals surface area contributed by atoms with Gasteiger partial charge < -0.3 is 15.0 Å². The number of esters is 1. The number of carbonyl (C=O) groups is 2. The molecule has 2 aromatic heterocycles. The second-order valence-electron chi connectivity index (χ2n) is 6.12. The Morgan fingerprint density at radius 1 is 1.42 bits per heavy atom. The number of nitrogens with zero attached hydrogens (tertiary/aromatic N) is 4. The van der Waals surface area contributed by atoms with E-state index in [9.17, 15) is 14.4 Å². The van der Waals surface area contributed by atoms with E-state index < -0.39 is 12.0 Å². The predicted molar refractivity (Wildman–Crippen MR) is 96.1 cm³/mol. The van der Waals surface area contributed by atoms with Gasteiger partial charge in [0.25, 0.3) is 5.56 Å². The van der Waals surface area contributed by atoms with Gasteiger partial charge in [-0.1, -0.05) is 5.21 Å². The number of likely N-dealkylation sites (tertiary alicyclic amines) is 1. The maximum Gasteiger partial charge on any atom is 0.328 e. The molecule has 1 fully saturated rings. The molecule has 1 atom stereocenters. The summed E-state index contributed by atoms with van der Waals surface area (Å²) in [4.78, 5) is 38.0. The first-order valence-electron chi connectivity index (χ1n) is 8.56. The number of aromatic nitrogens is 3. The fourth-order valence-corrected chi connectivity index (χ4v) is 3.69. The molecule has 10 heteroatoms. The number of hydrogen-bond acceptors (Lipinski definition) is 7. The van der Waals surface area contributed by atoms with E-state index in [0.29, 0.717) is 36.1 Å². The van der Waals surface area contributed by atoms with Crippen molar-refractivity contribution in [3.63, 3.8) is 0 Å². The molecule has 0 aliphatic carbocycles. The summed E-state index contributed by atoms with van der Waals surface area (Å²) in [6.45, 7) is 4.53. The van der Waals surface area contributed by atoms with Crippen molar-refractivity contribution in [2.75, 3.05) is 19.7 Å². The van der Waals surface area contributed by atoms with E-state index in [-0.39, 0.29) is 24.2 Å². The summed E-state index contributed by atoms with van der Waals surface area (Å²) in [6, 6.07) is 0.676. The summed E-state index contributed by atoms with van der Waals surface area (Å²) in [7, 11) is 0. The maximum atomic E-state index is 12.5. The van der Waals surface area contributed by atoms with Crippen LogP contribution in [0.25, 0.3) is 10.2 Å². The van der Waals surface area contributed by atoms with Crippen LogP contribution in [0.1, 0.15) is 32.7 Å². The highest BCUT2D eigenvalue weighted by molar-refractivity contribution is 7.17. The van der Waals surface area contributed by atoms with E-state index in [4.69, 9.17) is 4.74 Å². The molecule has 1 aliphatic heterocycles. The number of fused-ring (bicyclic) bond motifs is 1. The molecule has 0 aromatic carbocycles. The summed E-state index contributed by atoms with van der Waals surface area (Å²) in [5.74, 6) is -0.457. The molecule has 1 saturated heterocycles. The van der Waals surface area contributed by atoms with Crippen molar-refractivity contribution in [2.24, 2.45) is 0 Å². The van der Waals surface area contributed by atoms with Gasteiger partial charge in [0, 0.05) is 13.1 Å². The Kier molecular flexibility index (Phi) is 5.50. The normalized spacial score (nSPS) is 16.5. The minimum Gasteiger partial charge on any atom is -0.464 e. The van der Waals surface area contributed by atoms with Gasteiger partial charge in [0.1, 0.15) is 16.3 Å². The van der Waals surface area contributed by atoms with Crippen LogP contribution in [0.15, 0.2) is 16.2 Å². The minimum absolute atomic E-state index is 0.0898. The summed E-state index contributed by atoms with van der Waals surface area (Å²) in [5.41, 5.74) is 0.477. The van der Waals surface area contributed by atoms with E-state index in [1.54, 1.807) is 24.8 Å². The fourth-order valence-electron chi connectivity index (χ4n) is 2.94. The van der Waals surface area contributed by atoms with Crippen LogP contribution in [-0.4, -0.2) is 57.6 Å². The Balaban J connectivity index is 1.60. The number of carbonyl (C=O) groups excluding carboxylic acids is 2. The zero-order valence-electron chi connectivity index (χ0n) is 14.7. The predicted octanol–water partition coefficient (Wildman–Crippen LogP) is 1.15. The molecule has 0 spiro atoms. The van der Waals surface area contributed by atoms with E-state index in [0.717, 1.165) is 0 Å². The molecular weight excluding hydrogens is 358 g/mol. The highest BCUT2D eigenvalue weighted by atomic mass is 32.1. The van der Waals surface area contributed by atoms with E-state index >= 15 is 0 Å². The van der Waals surface area contributed by atoms with Crippen molar-refractivity contribution in [1.29, 1.82) is 0 Å². The van der Waals surface area contributed by atoms with E-state index in [2.05, 4.69) is 15.6 Å². The van der Waals surface area contributed by atoms with Crippen LogP contribution in [0.5, 0.6) is 0 Å². The first-order valence-corrected chi connectivity index (χ1v) is 9.44. The van der Waals surface area contributed by atoms with Gasteiger partial charge in [-0.3, -0.25) is 4.79 Å². The maximum absolute atomic E-state index is 12.5. The third-order valence-electron chi connectivity index (χ3n) is 4.37. The summed E-state index contributed by atoms with van der Waals surface area (Å²) >= 11 is 1.36. The lowest BCUT2D eigenvalue weighted by Crippen LogP contribution is -2.50. The topological polar surface area (TPSA) is 106 Å². The van der Waals surface area contributed by atoms with Gasteiger partial charge in [-0.15, -0.1) is 16.4 Å². The van der Waals surface area contributed by atoms with Crippen LogP contribution in [-0.2, 0) is 9.53 Å². The van der Waals surface area contributed by atoms with E-state index in [1.165, 1.54) is 16.0 Å². The lowest BCUT2D eigenvalue weighted by atomic mass is 10.1. The van der Waals surface area contributed by atoms with Crippen molar-refractivity contribution in [2.45, 2.75) is 38.8 Å². The van der Waals surface area contributed by atoms with Crippen LogP contribution in [0, 0.1) is 0 Å². The molecule has 3 heterocycles. The number of hydrogen-bond donors (Lipinski definition) is 1. The second kappa shape index (κ2) is 7.81. The smallest absolute Gasteiger partial charge is 0.328 e. The van der Waals surface area contributed by atoms with Crippen molar-refractivity contribution >= 4 is 33.6 Å². The number of piperidine rings is 1. The average molecular weight is 379 g/mol. The van der Waals surface area contributed by atoms with Gasteiger partial charge >= 0.3 is 12.0 Å². The van der Waals surface area contributed by atoms with Crippen LogP contribution < -0.4 is 10.9 Å². The molecule has 1 N–H and O–H groups in total. The number of nitrogens with one attached hydrogen (secondary N) is 1. The van der Waals surface area contributed by atoms with Gasteiger partial charge in [-0.25, -0.2) is 14.3 Å². The Bertz CT molecular complexity index is 856. The molecule has 1 aliphatic rings. The van der Waals surface area contributed by atoms with Crippen LogP contribution in [0.4, 0.5) is 4.79 Å². The molecule has 9 nitrogen and oxygen atoms in total. The zero-order valence-corrected chi connectivity index (χ0v) is 15.5. The Morgan fingerprint density at radius 3 is 2.85 bits per heavy atom. The second-order valence-corrected chi connectivity index (χ2v) is 7.03. The molecular formula is C16H21N5O4S. The van der Waals surface area contributed by atoms with Crippen LogP contribution >= 0.6 is 11.3 Å². The Hall–Kier alpha value is -2.49. The zero-order chi connectivity index (χ0) is 18.7. The lowest BCUT2D eigenvalue weighted by Gasteiger charge is -2.32. The molecule has 26 heavy (non-hydrogen) atoms.